The van der Waals surface area contributed by atoms with Crippen LogP contribution in [0.25, 0.3) is 43.1 Å². The lowest BCUT2D eigenvalue weighted by Crippen LogP contribution is -1.97. The summed E-state index contributed by atoms with van der Waals surface area (Å²) >= 11 is 0. The second kappa shape index (κ2) is 3.83. The van der Waals surface area contributed by atoms with Crippen molar-refractivity contribution in [1.29, 1.82) is 0 Å². The molecule has 5 rings (SSSR count). The van der Waals surface area contributed by atoms with Crippen molar-refractivity contribution in [3.63, 3.8) is 0 Å². The molecule has 0 radical (unpaired) electrons. The van der Waals surface area contributed by atoms with Crippen LogP contribution in [-0.4, -0.2) is 0 Å². The average molecular weight is 320 g/mol. The molecule has 0 aliphatic rings. The molecule has 0 spiro atoms. The summed E-state index contributed by atoms with van der Waals surface area (Å²) < 4.78 is 9.06. The highest BCUT2D eigenvalue weighted by atomic mass is 16.4. The topological polar surface area (TPSA) is 112 Å². The molecule has 0 aliphatic carbocycles. The molecule has 24 heavy (non-hydrogen) atoms. The standard InChI is InChI=1S/C17H4O7/c18-13-7-3-11-9(14(19)23-16(11)21)1-5(7)6-2-10-12(4-8(6)13)17(22)24-15(10)20/h1-4H. The molecule has 0 amide bonds. The van der Waals surface area contributed by atoms with E-state index in [0.29, 0.717) is 10.8 Å². The lowest BCUT2D eigenvalue weighted by molar-refractivity contribution is 0.499. The monoisotopic (exact) mass is 320 g/mol. The first-order valence-electron chi connectivity index (χ1n) is 6.90. The van der Waals surface area contributed by atoms with Crippen molar-refractivity contribution in [3.05, 3.63) is 76.2 Å². The third-order valence-corrected chi connectivity index (χ3v) is 4.35. The average Bonchev–Trinajstić information content (AvgIpc) is 3.10. The van der Waals surface area contributed by atoms with Crippen molar-refractivity contribution in [2.24, 2.45) is 0 Å². The Morgan fingerprint density at radius 1 is 0.417 bits per heavy atom. The first kappa shape index (κ1) is 12.9. The van der Waals surface area contributed by atoms with Gasteiger partial charge in [-0.2, -0.15) is 0 Å². The Labute approximate surface area is 129 Å². The minimum absolute atomic E-state index is 0.0305. The molecule has 7 nitrogen and oxygen atoms in total. The molecule has 5 aromatic rings. The van der Waals surface area contributed by atoms with Gasteiger partial charge in [-0.25, -0.2) is 19.2 Å². The lowest BCUT2D eigenvalue weighted by Gasteiger charge is -1.92. The molecule has 7 heteroatoms. The predicted molar refractivity (Wildman–Crippen MR) is 85.9 cm³/mol. The van der Waals surface area contributed by atoms with Crippen LogP contribution in [0.3, 0.4) is 0 Å². The molecule has 0 aliphatic heterocycles. The van der Waals surface area contributed by atoms with E-state index in [4.69, 9.17) is 0 Å². The number of rotatable bonds is 0. The molecule has 0 atom stereocenters. The highest BCUT2D eigenvalue weighted by Crippen LogP contribution is 2.28. The van der Waals surface area contributed by atoms with Crippen LogP contribution < -0.4 is 27.9 Å². The summed E-state index contributed by atoms with van der Waals surface area (Å²) in [5, 5.41) is 1.47. The van der Waals surface area contributed by atoms with E-state index in [1.165, 1.54) is 24.3 Å². The first-order valence-corrected chi connectivity index (χ1v) is 6.90. The van der Waals surface area contributed by atoms with E-state index in [-0.39, 0.29) is 32.3 Å². The van der Waals surface area contributed by atoms with Crippen molar-refractivity contribution >= 4 is 43.1 Å². The highest BCUT2D eigenvalue weighted by molar-refractivity contribution is 6.18. The Balaban J connectivity index is 2.15. The number of hydrogen-bond donors (Lipinski definition) is 0. The largest absolute Gasteiger partial charge is 0.386 e. The third-order valence-electron chi connectivity index (χ3n) is 4.35. The van der Waals surface area contributed by atoms with Crippen LogP contribution in [0.15, 0.2) is 57.1 Å². The maximum atomic E-state index is 12.6. The fourth-order valence-electron chi connectivity index (χ4n) is 3.23. The van der Waals surface area contributed by atoms with Gasteiger partial charge in [-0.1, -0.05) is 0 Å². The smallest absolute Gasteiger partial charge is 0.346 e. The van der Waals surface area contributed by atoms with E-state index >= 15 is 0 Å². The summed E-state index contributed by atoms with van der Waals surface area (Å²) in [5.41, 5.74) is -3.57. The van der Waals surface area contributed by atoms with Gasteiger partial charge in [0.05, 0.1) is 21.5 Å². The SMILES string of the molecule is O=c1oc(=O)c2cc3c(cc12)c(=O)c1cc2c(=O)oc(=O)c2cc13. The van der Waals surface area contributed by atoms with Crippen molar-refractivity contribution in [3.8, 4) is 0 Å². The Morgan fingerprint density at radius 3 is 1.04 bits per heavy atom. The minimum atomic E-state index is -0.803. The van der Waals surface area contributed by atoms with Crippen LogP contribution in [0.1, 0.15) is 0 Å². The fourth-order valence-corrected chi connectivity index (χ4v) is 3.23. The molecule has 0 fully saturated rings. The molecule has 2 aromatic heterocycles. The zero-order valence-electron chi connectivity index (χ0n) is 11.7. The van der Waals surface area contributed by atoms with Gasteiger partial charge in [0, 0.05) is 10.8 Å². The fraction of sp³-hybridized carbons (Fsp3) is 0. The molecule has 0 bridgehead atoms. The van der Waals surface area contributed by atoms with Gasteiger partial charge >= 0.3 is 22.5 Å². The number of furan rings is 2. The van der Waals surface area contributed by atoms with Gasteiger partial charge in [0.25, 0.3) is 0 Å². The highest BCUT2D eigenvalue weighted by Gasteiger charge is 2.18. The Morgan fingerprint density at radius 2 is 0.708 bits per heavy atom. The summed E-state index contributed by atoms with van der Waals surface area (Å²) in [5.74, 6) is 0. The Kier molecular flexibility index (Phi) is 2.06. The van der Waals surface area contributed by atoms with Crippen LogP contribution in [0.5, 0.6) is 0 Å². The first-order chi connectivity index (χ1) is 11.5. The molecule has 0 N–H and O–H groups in total. The molecule has 0 saturated carbocycles. The van der Waals surface area contributed by atoms with Crippen molar-refractivity contribution in [2.75, 3.05) is 0 Å². The van der Waals surface area contributed by atoms with Crippen LogP contribution in [0.2, 0.25) is 0 Å². The van der Waals surface area contributed by atoms with Crippen LogP contribution in [0, 0.1) is 0 Å². The summed E-state index contributed by atoms with van der Waals surface area (Å²) in [6.07, 6.45) is 0. The molecule has 0 saturated heterocycles. The molecular weight excluding hydrogens is 316 g/mol. The maximum absolute atomic E-state index is 12.6. The third kappa shape index (κ3) is 1.34. The molecule has 2 heterocycles. The van der Waals surface area contributed by atoms with Crippen molar-refractivity contribution in [2.45, 2.75) is 0 Å². The van der Waals surface area contributed by atoms with E-state index < -0.39 is 27.9 Å². The molecule has 114 valence electrons. The Bertz CT molecular complexity index is 1470. The normalized spacial score (nSPS) is 12.2. The zero-order valence-corrected chi connectivity index (χ0v) is 11.7. The predicted octanol–water partition coefficient (Wildman–Crippen LogP) is 0.600. The van der Waals surface area contributed by atoms with Crippen molar-refractivity contribution < 1.29 is 8.83 Å². The van der Waals surface area contributed by atoms with Gasteiger partial charge in [0.15, 0.2) is 5.43 Å². The number of benzene rings is 2. The van der Waals surface area contributed by atoms with Gasteiger partial charge in [0.1, 0.15) is 0 Å². The number of hydrogen-bond acceptors (Lipinski definition) is 7. The summed E-state index contributed by atoms with van der Waals surface area (Å²) in [7, 11) is 0. The van der Waals surface area contributed by atoms with Gasteiger partial charge in [-0.3, -0.25) is 4.79 Å². The summed E-state index contributed by atoms with van der Waals surface area (Å²) in [6, 6.07) is 5.42. The second-order valence-corrected chi connectivity index (χ2v) is 5.57. The zero-order chi connectivity index (χ0) is 16.7. The van der Waals surface area contributed by atoms with Gasteiger partial charge < -0.3 is 8.83 Å². The van der Waals surface area contributed by atoms with E-state index in [2.05, 4.69) is 8.83 Å². The summed E-state index contributed by atoms with van der Waals surface area (Å²) in [6.45, 7) is 0. The maximum Gasteiger partial charge on any atom is 0.346 e. The summed E-state index contributed by atoms with van der Waals surface area (Å²) in [4.78, 5) is 59.3. The lowest BCUT2D eigenvalue weighted by atomic mass is 10.1. The molecular formula is C17H4O7. The quantitative estimate of drug-likeness (QED) is 0.410. The molecule has 3 aromatic carbocycles. The van der Waals surface area contributed by atoms with E-state index in [0.717, 1.165) is 0 Å². The van der Waals surface area contributed by atoms with Crippen LogP contribution in [0.4, 0.5) is 0 Å². The van der Waals surface area contributed by atoms with Crippen molar-refractivity contribution in [1.82, 2.24) is 0 Å². The van der Waals surface area contributed by atoms with E-state index in [1.54, 1.807) is 0 Å². The second-order valence-electron chi connectivity index (χ2n) is 5.57. The van der Waals surface area contributed by atoms with Gasteiger partial charge in [0.2, 0.25) is 0 Å². The van der Waals surface area contributed by atoms with E-state index in [9.17, 15) is 24.0 Å². The van der Waals surface area contributed by atoms with Gasteiger partial charge in [-0.15, -0.1) is 0 Å². The molecule has 0 unspecified atom stereocenters. The minimum Gasteiger partial charge on any atom is -0.386 e. The number of fused-ring (bicyclic) bond motifs is 5. The van der Waals surface area contributed by atoms with Crippen LogP contribution in [-0.2, 0) is 0 Å². The van der Waals surface area contributed by atoms with E-state index in [1.807, 2.05) is 0 Å². The van der Waals surface area contributed by atoms with Gasteiger partial charge in [-0.05, 0) is 35.0 Å². The Hall–Kier alpha value is -3.61. The van der Waals surface area contributed by atoms with Crippen LogP contribution >= 0.6 is 0 Å².